The maximum absolute atomic E-state index is 12.9. The van der Waals surface area contributed by atoms with Gasteiger partial charge in [-0.1, -0.05) is 22.0 Å². The number of hydrogen-bond donors (Lipinski definition) is 1. The van der Waals surface area contributed by atoms with Crippen molar-refractivity contribution in [2.24, 2.45) is 0 Å². The van der Waals surface area contributed by atoms with Crippen LogP contribution in [-0.2, 0) is 4.79 Å². The molecule has 0 radical (unpaired) electrons. The molecule has 2 amide bonds. The number of benzene rings is 2. The highest BCUT2D eigenvalue weighted by Gasteiger charge is 2.34. The summed E-state index contributed by atoms with van der Waals surface area (Å²) in [6.45, 7) is 1.47. The van der Waals surface area contributed by atoms with Gasteiger partial charge in [0, 0.05) is 34.4 Å². The third kappa shape index (κ3) is 3.79. The van der Waals surface area contributed by atoms with Crippen LogP contribution in [0.15, 0.2) is 53.0 Å². The van der Waals surface area contributed by atoms with Gasteiger partial charge >= 0.3 is 0 Å². The number of amides is 2. The summed E-state index contributed by atoms with van der Waals surface area (Å²) in [5, 5.41) is 2.74. The van der Waals surface area contributed by atoms with Crippen molar-refractivity contribution in [3.63, 3.8) is 0 Å². The Labute approximate surface area is 143 Å². The van der Waals surface area contributed by atoms with E-state index in [0.29, 0.717) is 5.56 Å². The number of anilines is 2. The van der Waals surface area contributed by atoms with E-state index in [9.17, 15) is 9.59 Å². The average Bonchev–Trinajstić information content (AvgIpc) is 3.33. The summed E-state index contributed by atoms with van der Waals surface area (Å²) in [7, 11) is 0. The highest BCUT2D eigenvalue weighted by Crippen LogP contribution is 2.34. The van der Waals surface area contributed by atoms with Gasteiger partial charge in [0.25, 0.3) is 5.91 Å². The van der Waals surface area contributed by atoms with Crippen LogP contribution in [0.1, 0.15) is 30.1 Å². The number of hydrogen-bond acceptors (Lipinski definition) is 2. The lowest BCUT2D eigenvalue weighted by Gasteiger charge is -2.23. The lowest BCUT2D eigenvalue weighted by molar-refractivity contribution is -0.114. The Morgan fingerprint density at radius 1 is 1.13 bits per heavy atom. The number of halogens is 1. The molecule has 1 saturated carbocycles. The predicted molar refractivity (Wildman–Crippen MR) is 94.7 cm³/mol. The predicted octanol–water partition coefficient (Wildman–Crippen LogP) is 4.22. The van der Waals surface area contributed by atoms with Crippen LogP contribution < -0.4 is 10.2 Å². The first-order valence-corrected chi connectivity index (χ1v) is 8.30. The highest BCUT2D eigenvalue weighted by molar-refractivity contribution is 9.10. The number of rotatable bonds is 4. The maximum Gasteiger partial charge on any atom is 0.258 e. The molecule has 0 aromatic heterocycles. The second-order valence-corrected chi connectivity index (χ2v) is 6.56. The van der Waals surface area contributed by atoms with Crippen LogP contribution in [0.3, 0.4) is 0 Å². The summed E-state index contributed by atoms with van der Waals surface area (Å²) in [4.78, 5) is 25.8. The molecule has 0 spiro atoms. The van der Waals surface area contributed by atoms with Crippen molar-refractivity contribution in [2.75, 3.05) is 10.2 Å². The quantitative estimate of drug-likeness (QED) is 0.873. The van der Waals surface area contributed by atoms with Crippen molar-refractivity contribution in [3.8, 4) is 0 Å². The maximum atomic E-state index is 12.9. The van der Waals surface area contributed by atoms with Crippen LogP contribution in [0.2, 0.25) is 0 Å². The topological polar surface area (TPSA) is 49.4 Å². The van der Waals surface area contributed by atoms with Crippen LogP contribution in [0.5, 0.6) is 0 Å². The Kier molecular flexibility index (Phi) is 4.48. The smallest absolute Gasteiger partial charge is 0.258 e. The summed E-state index contributed by atoms with van der Waals surface area (Å²) in [6.07, 6.45) is 2.04. The van der Waals surface area contributed by atoms with Gasteiger partial charge in [-0.25, -0.2) is 0 Å². The van der Waals surface area contributed by atoms with E-state index in [1.165, 1.54) is 6.92 Å². The molecule has 1 aliphatic rings. The van der Waals surface area contributed by atoms with Gasteiger partial charge < -0.3 is 10.2 Å². The molecule has 2 aromatic carbocycles. The Hall–Kier alpha value is -2.14. The fourth-order valence-electron chi connectivity index (χ4n) is 2.50. The monoisotopic (exact) mass is 372 g/mol. The van der Waals surface area contributed by atoms with Crippen molar-refractivity contribution < 1.29 is 9.59 Å². The second-order valence-electron chi connectivity index (χ2n) is 5.64. The summed E-state index contributed by atoms with van der Waals surface area (Å²) < 4.78 is 0.889. The van der Waals surface area contributed by atoms with Crippen LogP contribution in [-0.4, -0.2) is 17.9 Å². The van der Waals surface area contributed by atoms with Gasteiger partial charge in [0.2, 0.25) is 5.91 Å². The van der Waals surface area contributed by atoms with E-state index >= 15 is 0 Å². The lowest BCUT2D eigenvalue weighted by atomic mass is 10.1. The van der Waals surface area contributed by atoms with E-state index in [1.807, 2.05) is 53.4 Å². The van der Waals surface area contributed by atoms with Gasteiger partial charge in [0.05, 0.1) is 0 Å². The third-order valence-corrected chi connectivity index (χ3v) is 4.16. The molecule has 3 rings (SSSR count). The van der Waals surface area contributed by atoms with Gasteiger partial charge in [-0.3, -0.25) is 9.59 Å². The molecule has 4 nitrogen and oxygen atoms in total. The van der Waals surface area contributed by atoms with Crippen molar-refractivity contribution in [2.45, 2.75) is 25.8 Å². The SMILES string of the molecule is CC(=O)Nc1ccc(N(C(=O)c2cccc(Br)c2)C2CC2)cc1. The largest absolute Gasteiger partial charge is 0.326 e. The molecule has 1 N–H and O–H groups in total. The molecular formula is C18H17BrN2O2. The van der Waals surface area contributed by atoms with E-state index in [4.69, 9.17) is 0 Å². The number of carbonyl (C=O) groups excluding carboxylic acids is 2. The first kappa shape index (κ1) is 15.7. The van der Waals surface area contributed by atoms with Gasteiger partial charge in [-0.15, -0.1) is 0 Å². The molecule has 1 aliphatic carbocycles. The van der Waals surface area contributed by atoms with E-state index in [1.54, 1.807) is 0 Å². The molecule has 0 aliphatic heterocycles. The second kappa shape index (κ2) is 6.54. The van der Waals surface area contributed by atoms with Gasteiger partial charge in [-0.2, -0.15) is 0 Å². The van der Waals surface area contributed by atoms with E-state index in [-0.39, 0.29) is 17.9 Å². The Morgan fingerprint density at radius 2 is 1.83 bits per heavy atom. The van der Waals surface area contributed by atoms with Gasteiger partial charge in [-0.05, 0) is 55.3 Å². The molecule has 0 heterocycles. The zero-order valence-corrected chi connectivity index (χ0v) is 14.3. The fourth-order valence-corrected chi connectivity index (χ4v) is 2.90. The molecule has 23 heavy (non-hydrogen) atoms. The highest BCUT2D eigenvalue weighted by atomic mass is 79.9. The van der Waals surface area contributed by atoms with E-state index < -0.39 is 0 Å². The summed E-state index contributed by atoms with van der Waals surface area (Å²) in [5.41, 5.74) is 2.25. The lowest BCUT2D eigenvalue weighted by Crippen LogP contribution is -2.33. The van der Waals surface area contributed by atoms with Gasteiger partial charge in [0.15, 0.2) is 0 Å². The summed E-state index contributed by atoms with van der Waals surface area (Å²) in [5.74, 6) is -0.108. The Bertz CT molecular complexity index is 739. The molecule has 2 aromatic rings. The average molecular weight is 373 g/mol. The van der Waals surface area contributed by atoms with Crippen molar-refractivity contribution in [1.29, 1.82) is 0 Å². The fraction of sp³-hybridized carbons (Fsp3) is 0.222. The number of nitrogens with one attached hydrogen (secondary N) is 1. The zero-order chi connectivity index (χ0) is 16.4. The van der Waals surface area contributed by atoms with Crippen LogP contribution in [0.25, 0.3) is 0 Å². The Morgan fingerprint density at radius 3 is 2.39 bits per heavy atom. The number of nitrogens with zero attached hydrogens (tertiary/aromatic N) is 1. The molecule has 0 unspecified atom stereocenters. The summed E-state index contributed by atoms with van der Waals surface area (Å²) >= 11 is 3.41. The molecule has 118 valence electrons. The molecule has 1 fully saturated rings. The van der Waals surface area contributed by atoms with E-state index in [2.05, 4.69) is 21.2 Å². The van der Waals surface area contributed by atoms with E-state index in [0.717, 1.165) is 28.7 Å². The first-order chi connectivity index (χ1) is 11.0. The van der Waals surface area contributed by atoms with Crippen LogP contribution in [0, 0.1) is 0 Å². The first-order valence-electron chi connectivity index (χ1n) is 7.51. The Balaban J connectivity index is 1.87. The molecule has 0 atom stereocenters. The normalized spacial score (nSPS) is 13.5. The molecule has 5 heteroatoms. The zero-order valence-electron chi connectivity index (χ0n) is 12.8. The summed E-state index contributed by atoms with van der Waals surface area (Å²) in [6, 6.07) is 15.1. The molecule has 0 saturated heterocycles. The third-order valence-electron chi connectivity index (χ3n) is 3.67. The number of carbonyl (C=O) groups is 2. The van der Waals surface area contributed by atoms with Crippen LogP contribution >= 0.6 is 15.9 Å². The van der Waals surface area contributed by atoms with Gasteiger partial charge in [0.1, 0.15) is 0 Å². The molecular weight excluding hydrogens is 356 g/mol. The van der Waals surface area contributed by atoms with Crippen molar-refractivity contribution in [1.82, 2.24) is 0 Å². The minimum atomic E-state index is -0.109. The van der Waals surface area contributed by atoms with Crippen molar-refractivity contribution in [3.05, 3.63) is 58.6 Å². The van der Waals surface area contributed by atoms with Crippen molar-refractivity contribution >= 4 is 39.1 Å². The van der Waals surface area contributed by atoms with Crippen LogP contribution in [0.4, 0.5) is 11.4 Å². The minimum Gasteiger partial charge on any atom is -0.326 e. The molecule has 0 bridgehead atoms. The standard InChI is InChI=1S/C18H17BrN2O2/c1-12(22)20-15-5-7-16(8-6-15)21(17-9-10-17)18(23)13-3-2-4-14(19)11-13/h2-8,11,17H,9-10H2,1H3,(H,20,22). The minimum absolute atomic E-state index is 0.000997.